The number of carbonyl (C=O) groups excluding carboxylic acids is 1. The number of thiocarbonyl (C=S) groups is 1. The van der Waals surface area contributed by atoms with Crippen LogP contribution < -0.4 is 11.1 Å². The Hall–Kier alpha value is -1.50. The van der Waals surface area contributed by atoms with Crippen LogP contribution in [0.15, 0.2) is 40.9 Å². The van der Waals surface area contributed by atoms with Crippen molar-refractivity contribution in [3.63, 3.8) is 0 Å². The molecule has 2 aromatic carbocycles. The number of anilines is 1. The number of rotatable bonds is 3. The second kappa shape index (κ2) is 6.51. The number of carbonyl (C=O) groups is 1. The van der Waals surface area contributed by atoms with Crippen molar-refractivity contribution < 1.29 is 9.18 Å². The lowest BCUT2D eigenvalue weighted by Gasteiger charge is -2.11. The standard InChI is InChI=1S/C14H9BrClFN2OS/c15-7-1-4-11(17)10(5-7)14(20)19-12-6-8(16)2-3-9(12)13(18)21/h1-6H,(H2,18,21)(H,19,20). The van der Waals surface area contributed by atoms with Crippen LogP contribution in [0.3, 0.4) is 0 Å². The molecule has 3 nitrogen and oxygen atoms in total. The number of benzene rings is 2. The Balaban J connectivity index is 2.38. The lowest BCUT2D eigenvalue weighted by molar-refractivity contribution is 0.102. The van der Waals surface area contributed by atoms with Crippen LogP contribution >= 0.6 is 39.7 Å². The Morgan fingerprint density at radius 3 is 2.62 bits per heavy atom. The van der Waals surface area contributed by atoms with Gasteiger partial charge >= 0.3 is 0 Å². The molecule has 0 saturated heterocycles. The first-order valence-electron chi connectivity index (χ1n) is 5.74. The van der Waals surface area contributed by atoms with Gasteiger partial charge < -0.3 is 11.1 Å². The summed E-state index contributed by atoms with van der Waals surface area (Å²) < 4.78 is 14.3. The second-order valence-electron chi connectivity index (χ2n) is 4.13. The van der Waals surface area contributed by atoms with Crippen molar-refractivity contribution in [2.24, 2.45) is 5.73 Å². The highest BCUT2D eigenvalue weighted by atomic mass is 79.9. The molecule has 0 aliphatic carbocycles. The molecule has 2 rings (SSSR count). The SMILES string of the molecule is NC(=S)c1ccc(Cl)cc1NC(=O)c1cc(Br)ccc1F. The van der Waals surface area contributed by atoms with Gasteiger partial charge in [0.1, 0.15) is 10.8 Å². The molecule has 1 amide bonds. The fourth-order valence-corrected chi connectivity index (χ4v) is 2.41. The van der Waals surface area contributed by atoms with Gasteiger partial charge in [-0.2, -0.15) is 0 Å². The predicted octanol–water partition coefficient (Wildman–Crippen LogP) is 4.13. The molecule has 0 bridgehead atoms. The van der Waals surface area contributed by atoms with Gasteiger partial charge in [-0.1, -0.05) is 39.7 Å². The van der Waals surface area contributed by atoms with E-state index in [1.807, 2.05) is 0 Å². The Morgan fingerprint density at radius 2 is 1.95 bits per heavy atom. The molecule has 0 spiro atoms. The number of hydrogen-bond donors (Lipinski definition) is 2. The first-order chi connectivity index (χ1) is 9.88. The highest BCUT2D eigenvalue weighted by molar-refractivity contribution is 9.10. The molecule has 0 atom stereocenters. The zero-order valence-corrected chi connectivity index (χ0v) is 13.7. The summed E-state index contributed by atoms with van der Waals surface area (Å²) in [6.45, 7) is 0. The average molecular weight is 388 g/mol. The van der Waals surface area contributed by atoms with Crippen LogP contribution in [0.4, 0.5) is 10.1 Å². The van der Waals surface area contributed by atoms with E-state index in [0.717, 1.165) is 0 Å². The maximum absolute atomic E-state index is 13.7. The van der Waals surface area contributed by atoms with Gasteiger partial charge in [0.2, 0.25) is 0 Å². The van der Waals surface area contributed by atoms with Crippen LogP contribution in [-0.2, 0) is 0 Å². The molecule has 3 N–H and O–H groups in total. The summed E-state index contributed by atoms with van der Waals surface area (Å²) >= 11 is 14.0. The van der Waals surface area contributed by atoms with Crippen molar-refractivity contribution in [2.45, 2.75) is 0 Å². The van der Waals surface area contributed by atoms with Crippen molar-refractivity contribution in [1.82, 2.24) is 0 Å². The van der Waals surface area contributed by atoms with Crippen LogP contribution in [0.2, 0.25) is 5.02 Å². The van der Waals surface area contributed by atoms with Crippen LogP contribution in [0.25, 0.3) is 0 Å². The summed E-state index contributed by atoms with van der Waals surface area (Å²) in [5.41, 5.74) is 6.28. The maximum atomic E-state index is 13.7. The molecular formula is C14H9BrClFN2OS. The number of nitrogens with two attached hydrogens (primary N) is 1. The monoisotopic (exact) mass is 386 g/mol. The smallest absolute Gasteiger partial charge is 0.258 e. The van der Waals surface area contributed by atoms with Gasteiger partial charge in [0.25, 0.3) is 5.91 Å². The molecular weight excluding hydrogens is 379 g/mol. The third kappa shape index (κ3) is 3.78. The highest BCUT2D eigenvalue weighted by Crippen LogP contribution is 2.23. The molecule has 0 radical (unpaired) electrons. The average Bonchev–Trinajstić information content (AvgIpc) is 2.41. The van der Waals surface area contributed by atoms with E-state index in [-0.39, 0.29) is 10.6 Å². The molecule has 0 aliphatic rings. The van der Waals surface area contributed by atoms with Gasteiger partial charge in [-0.15, -0.1) is 0 Å². The van der Waals surface area contributed by atoms with Crippen LogP contribution in [0.5, 0.6) is 0 Å². The summed E-state index contributed by atoms with van der Waals surface area (Å²) in [5, 5.41) is 2.97. The first kappa shape index (κ1) is 15.9. The van der Waals surface area contributed by atoms with Gasteiger partial charge in [-0.3, -0.25) is 4.79 Å². The van der Waals surface area contributed by atoms with E-state index >= 15 is 0 Å². The summed E-state index contributed by atoms with van der Waals surface area (Å²) in [7, 11) is 0. The minimum absolute atomic E-state index is 0.0989. The minimum Gasteiger partial charge on any atom is -0.389 e. The molecule has 0 aliphatic heterocycles. The van der Waals surface area contributed by atoms with Gasteiger partial charge in [-0.25, -0.2) is 4.39 Å². The van der Waals surface area contributed by atoms with Crippen molar-refractivity contribution in [1.29, 1.82) is 0 Å². The fourth-order valence-electron chi connectivity index (χ4n) is 1.70. The van der Waals surface area contributed by atoms with E-state index in [4.69, 9.17) is 29.6 Å². The third-order valence-corrected chi connectivity index (χ3v) is 3.62. The highest BCUT2D eigenvalue weighted by Gasteiger charge is 2.15. The molecule has 0 aromatic heterocycles. The maximum Gasteiger partial charge on any atom is 0.258 e. The zero-order chi connectivity index (χ0) is 15.6. The van der Waals surface area contributed by atoms with Gasteiger partial charge in [0.15, 0.2) is 0 Å². The zero-order valence-electron chi connectivity index (χ0n) is 10.5. The summed E-state index contributed by atoms with van der Waals surface area (Å²) in [6, 6.07) is 8.79. The van der Waals surface area contributed by atoms with Crippen LogP contribution in [-0.4, -0.2) is 10.9 Å². The Bertz CT molecular complexity index is 739. The lowest BCUT2D eigenvalue weighted by Crippen LogP contribution is -2.18. The number of amides is 1. The number of halogens is 3. The van der Waals surface area contributed by atoms with Gasteiger partial charge in [0.05, 0.1) is 11.3 Å². The molecule has 0 fully saturated rings. The molecule has 0 heterocycles. The number of nitrogens with one attached hydrogen (secondary N) is 1. The van der Waals surface area contributed by atoms with E-state index < -0.39 is 11.7 Å². The summed E-state index contributed by atoms with van der Waals surface area (Å²) in [6.07, 6.45) is 0. The Morgan fingerprint density at radius 1 is 1.24 bits per heavy atom. The molecule has 21 heavy (non-hydrogen) atoms. The van der Waals surface area contributed by atoms with Gasteiger partial charge in [-0.05, 0) is 36.4 Å². The van der Waals surface area contributed by atoms with Crippen molar-refractivity contribution >= 4 is 56.3 Å². The minimum atomic E-state index is -0.630. The second-order valence-corrected chi connectivity index (χ2v) is 5.92. The van der Waals surface area contributed by atoms with Crippen LogP contribution in [0, 0.1) is 5.82 Å². The molecule has 2 aromatic rings. The quantitative estimate of drug-likeness (QED) is 0.779. The Labute approximate surface area is 139 Å². The molecule has 0 unspecified atom stereocenters. The molecule has 0 saturated carbocycles. The van der Waals surface area contributed by atoms with Gasteiger partial charge in [0, 0.05) is 15.1 Å². The van der Waals surface area contributed by atoms with E-state index in [2.05, 4.69) is 21.2 Å². The van der Waals surface area contributed by atoms with Crippen molar-refractivity contribution in [3.8, 4) is 0 Å². The molecule has 108 valence electrons. The first-order valence-corrected chi connectivity index (χ1v) is 7.32. The van der Waals surface area contributed by atoms with Crippen molar-refractivity contribution in [2.75, 3.05) is 5.32 Å². The summed E-state index contributed by atoms with van der Waals surface area (Å²) in [4.78, 5) is 12.3. The third-order valence-electron chi connectivity index (χ3n) is 2.67. The largest absolute Gasteiger partial charge is 0.389 e. The van der Waals surface area contributed by atoms with Crippen molar-refractivity contribution in [3.05, 3.63) is 62.8 Å². The van der Waals surface area contributed by atoms with E-state index in [1.165, 1.54) is 24.3 Å². The van der Waals surface area contributed by atoms with E-state index in [0.29, 0.717) is 20.7 Å². The summed E-state index contributed by atoms with van der Waals surface area (Å²) in [5.74, 6) is -1.25. The van der Waals surface area contributed by atoms with E-state index in [9.17, 15) is 9.18 Å². The number of hydrogen-bond acceptors (Lipinski definition) is 2. The predicted molar refractivity (Wildman–Crippen MR) is 89.4 cm³/mol. The topological polar surface area (TPSA) is 55.1 Å². The normalized spacial score (nSPS) is 10.2. The van der Waals surface area contributed by atoms with E-state index in [1.54, 1.807) is 12.1 Å². The fraction of sp³-hybridized carbons (Fsp3) is 0. The molecule has 7 heteroatoms. The van der Waals surface area contributed by atoms with Crippen LogP contribution in [0.1, 0.15) is 15.9 Å². The Kier molecular flexibility index (Phi) is 4.92. The lowest BCUT2D eigenvalue weighted by atomic mass is 10.1.